The van der Waals surface area contributed by atoms with Crippen molar-refractivity contribution in [2.75, 3.05) is 19.5 Å². The second kappa shape index (κ2) is 7.96. The normalized spacial score (nSPS) is 16.9. The summed E-state index contributed by atoms with van der Waals surface area (Å²) < 4.78 is 4.88. The van der Waals surface area contributed by atoms with Gasteiger partial charge in [-0.15, -0.1) is 0 Å². The lowest BCUT2D eigenvalue weighted by Gasteiger charge is -2.24. The SMILES string of the molecule is CCOC(=O)C(C)NC(C)C(CO)SC. The van der Waals surface area contributed by atoms with Gasteiger partial charge in [-0.1, -0.05) is 0 Å². The molecule has 0 aliphatic heterocycles. The van der Waals surface area contributed by atoms with Crippen molar-refractivity contribution < 1.29 is 14.6 Å². The number of hydrogen-bond donors (Lipinski definition) is 2. The maximum atomic E-state index is 11.3. The van der Waals surface area contributed by atoms with Gasteiger partial charge in [-0.3, -0.25) is 4.79 Å². The minimum absolute atomic E-state index is 0.0735. The van der Waals surface area contributed by atoms with Crippen LogP contribution < -0.4 is 5.32 Å². The van der Waals surface area contributed by atoms with Gasteiger partial charge in [0, 0.05) is 11.3 Å². The van der Waals surface area contributed by atoms with Crippen LogP contribution in [-0.2, 0) is 9.53 Å². The van der Waals surface area contributed by atoms with Crippen molar-refractivity contribution in [2.45, 2.75) is 38.1 Å². The predicted molar refractivity (Wildman–Crippen MR) is 63.1 cm³/mol. The minimum atomic E-state index is -0.332. The summed E-state index contributed by atoms with van der Waals surface area (Å²) in [6.07, 6.45) is 1.94. The van der Waals surface area contributed by atoms with E-state index in [2.05, 4.69) is 5.32 Å². The second-order valence-corrected chi connectivity index (χ2v) is 4.46. The van der Waals surface area contributed by atoms with Crippen LogP contribution in [0.5, 0.6) is 0 Å². The molecular weight excluding hydrogens is 214 g/mol. The van der Waals surface area contributed by atoms with Crippen LogP contribution in [0.1, 0.15) is 20.8 Å². The summed E-state index contributed by atoms with van der Waals surface area (Å²) in [6.45, 7) is 6.00. The quantitative estimate of drug-likeness (QED) is 0.634. The molecule has 4 nitrogen and oxygen atoms in total. The van der Waals surface area contributed by atoms with Crippen LogP contribution in [0.4, 0.5) is 0 Å². The number of esters is 1. The Morgan fingerprint density at radius 2 is 2.13 bits per heavy atom. The Labute approximate surface area is 95.8 Å². The van der Waals surface area contributed by atoms with E-state index < -0.39 is 0 Å². The molecule has 3 atom stereocenters. The number of rotatable bonds is 7. The van der Waals surface area contributed by atoms with E-state index in [9.17, 15) is 4.79 Å². The van der Waals surface area contributed by atoms with E-state index in [0.29, 0.717) is 6.61 Å². The standard InChI is InChI=1S/C10H21NO3S/c1-5-14-10(13)8(3)11-7(2)9(6-12)15-4/h7-9,11-12H,5-6H2,1-4H3. The van der Waals surface area contributed by atoms with Crippen LogP contribution in [0.15, 0.2) is 0 Å². The summed E-state index contributed by atoms with van der Waals surface area (Å²) in [5.74, 6) is -0.248. The van der Waals surface area contributed by atoms with Gasteiger partial charge in [-0.25, -0.2) is 0 Å². The first-order valence-corrected chi connectivity index (χ1v) is 6.41. The number of aliphatic hydroxyl groups excluding tert-OH is 1. The molecule has 0 aliphatic rings. The molecule has 3 unspecified atom stereocenters. The fourth-order valence-corrected chi connectivity index (χ4v) is 1.91. The van der Waals surface area contributed by atoms with Crippen LogP contribution in [-0.4, -0.2) is 47.9 Å². The monoisotopic (exact) mass is 235 g/mol. The molecule has 0 aromatic carbocycles. The zero-order valence-electron chi connectivity index (χ0n) is 9.82. The molecule has 0 spiro atoms. The smallest absolute Gasteiger partial charge is 0.322 e. The van der Waals surface area contributed by atoms with Gasteiger partial charge in [0.05, 0.1) is 13.2 Å². The van der Waals surface area contributed by atoms with Crippen LogP contribution in [0.25, 0.3) is 0 Å². The minimum Gasteiger partial charge on any atom is -0.465 e. The first-order valence-electron chi connectivity index (χ1n) is 5.13. The molecule has 0 radical (unpaired) electrons. The number of carbonyl (C=O) groups is 1. The molecule has 0 fully saturated rings. The summed E-state index contributed by atoms with van der Waals surface area (Å²) in [6, 6.07) is -0.259. The Morgan fingerprint density at radius 1 is 1.53 bits per heavy atom. The fraction of sp³-hybridized carbons (Fsp3) is 0.900. The van der Waals surface area contributed by atoms with E-state index in [-0.39, 0.29) is 29.9 Å². The number of ether oxygens (including phenoxy) is 1. The van der Waals surface area contributed by atoms with E-state index >= 15 is 0 Å². The maximum Gasteiger partial charge on any atom is 0.322 e. The maximum absolute atomic E-state index is 11.3. The molecule has 0 heterocycles. The van der Waals surface area contributed by atoms with Crippen LogP contribution in [0.3, 0.4) is 0 Å². The van der Waals surface area contributed by atoms with Crippen molar-refractivity contribution in [1.82, 2.24) is 5.32 Å². The van der Waals surface area contributed by atoms with E-state index in [1.165, 1.54) is 0 Å². The lowest BCUT2D eigenvalue weighted by molar-refractivity contribution is -0.145. The van der Waals surface area contributed by atoms with E-state index in [1.807, 2.05) is 13.2 Å². The van der Waals surface area contributed by atoms with E-state index in [4.69, 9.17) is 9.84 Å². The average Bonchev–Trinajstić information content (AvgIpc) is 2.19. The van der Waals surface area contributed by atoms with Gasteiger partial charge in [-0.2, -0.15) is 11.8 Å². The highest BCUT2D eigenvalue weighted by molar-refractivity contribution is 7.99. The largest absolute Gasteiger partial charge is 0.465 e. The highest BCUT2D eigenvalue weighted by atomic mass is 32.2. The lowest BCUT2D eigenvalue weighted by Crippen LogP contribution is -2.46. The van der Waals surface area contributed by atoms with E-state index in [1.54, 1.807) is 25.6 Å². The third-order valence-electron chi connectivity index (χ3n) is 2.19. The molecule has 0 saturated heterocycles. The van der Waals surface area contributed by atoms with Gasteiger partial charge >= 0.3 is 5.97 Å². The molecule has 15 heavy (non-hydrogen) atoms. The fourth-order valence-electron chi connectivity index (χ4n) is 1.27. The molecule has 0 saturated carbocycles. The average molecular weight is 235 g/mol. The zero-order valence-corrected chi connectivity index (χ0v) is 10.6. The Bertz CT molecular complexity index is 186. The second-order valence-electron chi connectivity index (χ2n) is 3.39. The number of carbonyl (C=O) groups excluding carboxylic acids is 1. The van der Waals surface area contributed by atoms with Crippen LogP contribution >= 0.6 is 11.8 Å². The number of thioether (sulfide) groups is 1. The molecule has 0 aromatic heterocycles. The van der Waals surface area contributed by atoms with Crippen molar-refractivity contribution >= 4 is 17.7 Å². The first-order chi connectivity index (χ1) is 7.06. The first kappa shape index (κ1) is 14.7. The van der Waals surface area contributed by atoms with Gasteiger partial charge in [0.25, 0.3) is 0 Å². The topological polar surface area (TPSA) is 58.6 Å². The Kier molecular flexibility index (Phi) is 7.82. The number of nitrogens with one attached hydrogen (secondary N) is 1. The molecule has 0 bridgehead atoms. The van der Waals surface area contributed by atoms with Crippen molar-refractivity contribution in [2.24, 2.45) is 0 Å². The third kappa shape index (κ3) is 5.39. The van der Waals surface area contributed by atoms with E-state index in [0.717, 1.165) is 0 Å². The van der Waals surface area contributed by atoms with Gasteiger partial charge in [0.2, 0.25) is 0 Å². The summed E-state index contributed by atoms with van der Waals surface area (Å²) in [7, 11) is 0. The third-order valence-corrected chi connectivity index (χ3v) is 3.36. The van der Waals surface area contributed by atoms with Crippen molar-refractivity contribution in [3.63, 3.8) is 0 Å². The Hall–Kier alpha value is -0.260. The van der Waals surface area contributed by atoms with Crippen molar-refractivity contribution in [3.8, 4) is 0 Å². The molecule has 0 aliphatic carbocycles. The predicted octanol–water partition coefficient (Wildman–Crippen LogP) is 0.640. The lowest BCUT2D eigenvalue weighted by atomic mass is 10.2. The van der Waals surface area contributed by atoms with Gasteiger partial charge in [0.15, 0.2) is 0 Å². The van der Waals surface area contributed by atoms with Crippen molar-refractivity contribution in [1.29, 1.82) is 0 Å². The summed E-state index contributed by atoms with van der Waals surface area (Å²) >= 11 is 1.58. The molecule has 0 amide bonds. The molecular formula is C10H21NO3S. The Morgan fingerprint density at radius 3 is 2.53 bits per heavy atom. The Balaban J connectivity index is 4.04. The van der Waals surface area contributed by atoms with Crippen LogP contribution in [0.2, 0.25) is 0 Å². The zero-order chi connectivity index (χ0) is 11.8. The van der Waals surface area contributed by atoms with Crippen molar-refractivity contribution in [3.05, 3.63) is 0 Å². The van der Waals surface area contributed by atoms with Crippen LogP contribution in [0, 0.1) is 0 Å². The number of aliphatic hydroxyl groups is 1. The summed E-state index contributed by atoms with van der Waals surface area (Å²) in [5.41, 5.74) is 0. The highest BCUT2D eigenvalue weighted by Crippen LogP contribution is 2.10. The molecule has 2 N–H and O–H groups in total. The summed E-state index contributed by atoms with van der Waals surface area (Å²) in [5, 5.41) is 12.3. The molecule has 0 aromatic rings. The molecule has 5 heteroatoms. The molecule has 0 rings (SSSR count). The summed E-state index contributed by atoms with van der Waals surface area (Å²) in [4.78, 5) is 11.3. The number of hydrogen-bond acceptors (Lipinski definition) is 5. The van der Waals surface area contributed by atoms with Gasteiger partial charge < -0.3 is 15.2 Å². The van der Waals surface area contributed by atoms with Gasteiger partial charge in [-0.05, 0) is 27.0 Å². The van der Waals surface area contributed by atoms with Gasteiger partial charge in [0.1, 0.15) is 6.04 Å². The molecule has 90 valence electrons. The highest BCUT2D eigenvalue weighted by Gasteiger charge is 2.21.